The number of hydrogen-bond acceptors (Lipinski definition) is 7. The third-order valence-electron chi connectivity index (χ3n) is 5.25. The van der Waals surface area contributed by atoms with Crippen LogP contribution in [0.25, 0.3) is 33.4 Å². The Morgan fingerprint density at radius 3 is 2.42 bits per heavy atom. The molecule has 0 saturated heterocycles. The topological polar surface area (TPSA) is 109 Å². The van der Waals surface area contributed by atoms with Crippen molar-refractivity contribution in [1.29, 1.82) is 0 Å². The largest absolute Gasteiger partial charge is 0.504 e. The van der Waals surface area contributed by atoms with E-state index in [-0.39, 0.29) is 28.9 Å². The van der Waals surface area contributed by atoms with Crippen molar-refractivity contribution in [2.75, 3.05) is 7.11 Å². The third-order valence-corrected chi connectivity index (χ3v) is 5.25. The number of benzene rings is 3. The molecule has 0 fully saturated rings. The van der Waals surface area contributed by atoms with Gasteiger partial charge in [0.2, 0.25) is 5.43 Å². The maximum absolute atomic E-state index is 12.0. The quantitative estimate of drug-likeness (QED) is 0.311. The van der Waals surface area contributed by atoms with E-state index in [0.717, 1.165) is 6.42 Å². The molecular weight excluding hydrogens is 400 g/mol. The standard InChI is InChI=1S/C24H22O7/c1-4-12(2)30-20-6-5-13(7-23(20)29-3)24-14-8-16(25)18(27)10-21(14)31-22-11-19(28)17(26)9-15(22)24/h5-12,25-27H,4H2,1-3H3. The molecule has 2 aliphatic rings. The summed E-state index contributed by atoms with van der Waals surface area (Å²) < 4.78 is 17.2. The molecule has 1 aliphatic carbocycles. The molecule has 4 rings (SSSR count). The van der Waals surface area contributed by atoms with Crippen molar-refractivity contribution in [2.24, 2.45) is 0 Å². The van der Waals surface area contributed by atoms with Crippen molar-refractivity contribution in [3.8, 4) is 51.2 Å². The van der Waals surface area contributed by atoms with Crippen LogP contribution < -0.4 is 14.9 Å². The van der Waals surface area contributed by atoms with Gasteiger partial charge in [-0.25, -0.2) is 0 Å². The minimum atomic E-state index is -0.584. The van der Waals surface area contributed by atoms with E-state index in [1.165, 1.54) is 24.3 Å². The van der Waals surface area contributed by atoms with Crippen LogP contribution in [-0.4, -0.2) is 28.5 Å². The van der Waals surface area contributed by atoms with Crippen LogP contribution in [0.15, 0.2) is 51.7 Å². The summed E-state index contributed by atoms with van der Waals surface area (Å²) in [6.45, 7) is 3.99. The highest BCUT2D eigenvalue weighted by molar-refractivity contribution is 6.03. The Morgan fingerprint density at radius 2 is 1.71 bits per heavy atom. The van der Waals surface area contributed by atoms with Gasteiger partial charge in [-0.1, -0.05) is 13.0 Å². The summed E-state index contributed by atoms with van der Waals surface area (Å²) in [5.74, 6) is 0.228. The molecule has 160 valence electrons. The fourth-order valence-electron chi connectivity index (χ4n) is 3.46. The molecule has 0 saturated carbocycles. The molecule has 1 unspecified atom stereocenters. The number of phenolic OH excluding ortho intramolecular Hbond substituents is 3. The smallest absolute Gasteiger partial charge is 0.223 e. The molecule has 0 bridgehead atoms. The van der Waals surface area contributed by atoms with E-state index < -0.39 is 11.2 Å². The summed E-state index contributed by atoms with van der Waals surface area (Å²) in [4.78, 5) is 12.0. The summed E-state index contributed by atoms with van der Waals surface area (Å²) >= 11 is 0. The molecule has 7 nitrogen and oxygen atoms in total. The SMILES string of the molecule is CCC(C)Oc1ccc(-c2c3cc(O)c(=O)cc-3oc3cc(O)c(O)cc23)cc1OC. The van der Waals surface area contributed by atoms with E-state index in [2.05, 4.69) is 0 Å². The third kappa shape index (κ3) is 3.59. The molecule has 0 spiro atoms. The van der Waals surface area contributed by atoms with Crippen LogP contribution in [0.5, 0.6) is 28.7 Å². The zero-order valence-corrected chi connectivity index (χ0v) is 17.3. The lowest BCUT2D eigenvalue weighted by Crippen LogP contribution is -2.10. The molecule has 31 heavy (non-hydrogen) atoms. The number of phenols is 3. The van der Waals surface area contributed by atoms with Gasteiger partial charge in [-0.3, -0.25) is 4.79 Å². The number of methoxy groups -OCH3 is 1. The first-order valence-corrected chi connectivity index (χ1v) is 9.83. The average molecular weight is 422 g/mol. The minimum Gasteiger partial charge on any atom is -0.504 e. The molecule has 7 heteroatoms. The van der Waals surface area contributed by atoms with E-state index in [1.54, 1.807) is 19.2 Å². The van der Waals surface area contributed by atoms with Gasteiger partial charge in [0.25, 0.3) is 0 Å². The van der Waals surface area contributed by atoms with Gasteiger partial charge < -0.3 is 29.2 Å². The van der Waals surface area contributed by atoms with Crippen LogP contribution >= 0.6 is 0 Å². The van der Waals surface area contributed by atoms with Crippen LogP contribution in [0.4, 0.5) is 0 Å². The van der Waals surface area contributed by atoms with Crippen LogP contribution in [0.3, 0.4) is 0 Å². The summed E-state index contributed by atoms with van der Waals surface area (Å²) in [6, 6.07) is 10.6. The van der Waals surface area contributed by atoms with Crippen LogP contribution in [0.1, 0.15) is 20.3 Å². The average Bonchev–Trinajstić information content (AvgIpc) is 2.75. The van der Waals surface area contributed by atoms with Crippen LogP contribution in [-0.2, 0) is 0 Å². The minimum absolute atomic E-state index is 0.00396. The van der Waals surface area contributed by atoms with Crippen LogP contribution in [0.2, 0.25) is 0 Å². The zero-order valence-electron chi connectivity index (χ0n) is 17.3. The summed E-state index contributed by atoms with van der Waals surface area (Å²) in [5.41, 5.74) is 1.42. The first kappa shape index (κ1) is 20.4. The fraction of sp³-hybridized carbons (Fsp3) is 0.208. The maximum atomic E-state index is 12.0. The highest BCUT2D eigenvalue weighted by Gasteiger charge is 2.22. The monoisotopic (exact) mass is 422 g/mol. The highest BCUT2D eigenvalue weighted by atomic mass is 16.5. The molecule has 0 amide bonds. The lowest BCUT2D eigenvalue weighted by molar-refractivity contribution is 0.207. The van der Waals surface area contributed by atoms with Gasteiger partial charge in [0.1, 0.15) is 11.3 Å². The number of hydrogen-bond donors (Lipinski definition) is 3. The van der Waals surface area contributed by atoms with Gasteiger partial charge >= 0.3 is 0 Å². The number of ether oxygens (including phenoxy) is 2. The summed E-state index contributed by atoms with van der Waals surface area (Å²) in [6.07, 6.45) is 0.837. The Bertz CT molecular complexity index is 1310. The predicted octanol–water partition coefficient (Wildman–Crippen LogP) is 4.87. The Hall–Kier alpha value is -3.87. The highest BCUT2D eigenvalue weighted by Crippen LogP contribution is 2.45. The number of rotatable bonds is 5. The van der Waals surface area contributed by atoms with Gasteiger partial charge in [0, 0.05) is 28.6 Å². The normalized spacial score (nSPS) is 12.2. The van der Waals surface area contributed by atoms with Crippen molar-refractivity contribution >= 4 is 11.0 Å². The van der Waals surface area contributed by atoms with Crippen LogP contribution in [0, 0.1) is 0 Å². The molecule has 1 atom stereocenters. The molecule has 2 aromatic rings. The van der Waals surface area contributed by atoms with Crippen molar-refractivity contribution in [2.45, 2.75) is 26.4 Å². The molecule has 0 radical (unpaired) electrons. The first-order valence-electron chi connectivity index (χ1n) is 9.83. The molecule has 1 heterocycles. The van der Waals surface area contributed by atoms with E-state index in [9.17, 15) is 20.1 Å². The van der Waals surface area contributed by atoms with Gasteiger partial charge in [-0.15, -0.1) is 0 Å². The Labute approximate surface area is 178 Å². The number of aromatic hydroxyl groups is 3. The second kappa shape index (κ2) is 7.75. The van der Waals surface area contributed by atoms with Gasteiger partial charge in [0.15, 0.2) is 28.7 Å². The fourth-order valence-corrected chi connectivity index (χ4v) is 3.46. The lowest BCUT2D eigenvalue weighted by atomic mass is 9.93. The van der Waals surface area contributed by atoms with Crippen molar-refractivity contribution in [1.82, 2.24) is 0 Å². The van der Waals surface area contributed by atoms with Crippen molar-refractivity contribution in [3.63, 3.8) is 0 Å². The van der Waals surface area contributed by atoms with E-state index in [0.29, 0.717) is 33.6 Å². The van der Waals surface area contributed by atoms with Crippen molar-refractivity contribution in [3.05, 3.63) is 52.7 Å². The Balaban J connectivity index is 2.04. The molecule has 1 aliphatic heterocycles. The molecule has 0 aromatic heterocycles. The lowest BCUT2D eigenvalue weighted by Gasteiger charge is -2.19. The van der Waals surface area contributed by atoms with Gasteiger partial charge in [-0.05, 0) is 43.2 Å². The molecule has 2 aromatic carbocycles. The Morgan fingerprint density at radius 1 is 0.968 bits per heavy atom. The van der Waals surface area contributed by atoms with E-state index in [1.807, 2.05) is 19.9 Å². The summed E-state index contributed by atoms with van der Waals surface area (Å²) in [7, 11) is 1.54. The van der Waals surface area contributed by atoms with E-state index >= 15 is 0 Å². The predicted molar refractivity (Wildman–Crippen MR) is 116 cm³/mol. The second-order valence-corrected chi connectivity index (χ2v) is 7.33. The molecule has 3 N–H and O–H groups in total. The van der Waals surface area contributed by atoms with E-state index in [4.69, 9.17) is 13.9 Å². The zero-order chi connectivity index (χ0) is 22.3. The second-order valence-electron chi connectivity index (χ2n) is 7.33. The van der Waals surface area contributed by atoms with Crippen molar-refractivity contribution < 1.29 is 29.2 Å². The Kier molecular flexibility index (Phi) is 5.10. The maximum Gasteiger partial charge on any atom is 0.223 e. The van der Waals surface area contributed by atoms with Gasteiger partial charge in [-0.2, -0.15) is 0 Å². The number of fused-ring (bicyclic) bond motifs is 2. The molecular formula is C24H22O7. The first-order chi connectivity index (χ1) is 14.8. The van der Waals surface area contributed by atoms with Gasteiger partial charge in [0.05, 0.1) is 13.2 Å². The summed E-state index contributed by atoms with van der Waals surface area (Å²) in [5, 5.41) is 30.5.